The molecule has 1 unspecified atom stereocenters. The number of unbranched alkanes of at least 4 members (excludes halogenated alkanes) is 36. The number of esters is 3. The van der Waals surface area contributed by atoms with Gasteiger partial charge in [-0.3, -0.25) is 14.4 Å². The highest BCUT2D eigenvalue weighted by atomic mass is 16.6. The number of carbonyl (C=O) groups excluding carboxylic acids is 3. The van der Waals surface area contributed by atoms with Gasteiger partial charge in [-0.2, -0.15) is 0 Å². The molecular weight excluding hydrogens is 793 g/mol. The highest BCUT2D eigenvalue weighted by Gasteiger charge is 2.19. The lowest BCUT2D eigenvalue weighted by molar-refractivity contribution is -0.167. The fourth-order valence-electron chi connectivity index (χ4n) is 8.84. The van der Waals surface area contributed by atoms with Gasteiger partial charge in [-0.05, 0) is 31.1 Å². The van der Waals surface area contributed by atoms with Crippen LogP contribution < -0.4 is 0 Å². The maximum atomic E-state index is 12.8. The van der Waals surface area contributed by atoms with Crippen LogP contribution in [0.2, 0.25) is 0 Å². The third kappa shape index (κ3) is 49.8. The van der Waals surface area contributed by atoms with Gasteiger partial charge >= 0.3 is 17.9 Å². The molecule has 64 heavy (non-hydrogen) atoms. The molecule has 0 saturated heterocycles. The first-order chi connectivity index (χ1) is 31.3. The van der Waals surface area contributed by atoms with Crippen molar-refractivity contribution in [1.29, 1.82) is 0 Å². The Morgan fingerprint density at radius 3 is 0.891 bits per heavy atom. The van der Waals surface area contributed by atoms with Gasteiger partial charge in [0.05, 0.1) is 0 Å². The summed E-state index contributed by atoms with van der Waals surface area (Å²) in [7, 11) is 0. The van der Waals surface area contributed by atoms with Gasteiger partial charge in [-0.1, -0.05) is 285 Å². The molecule has 380 valence electrons. The third-order valence-corrected chi connectivity index (χ3v) is 13.6. The van der Waals surface area contributed by atoms with Crippen LogP contribution in [0.15, 0.2) is 0 Å². The largest absolute Gasteiger partial charge is 0.462 e. The van der Waals surface area contributed by atoms with Gasteiger partial charge in [0.1, 0.15) is 13.2 Å². The number of carbonyl (C=O) groups is 3. The van der Waals surface area contributed by atoms with E-state index in [1.807, 2.05) is 0 Å². The summed E-state index contributed by atoms with van der Waals surface area (Å²) in [5.74, 6) is 0.887. The van der Waals surface area contributed by atoms with Crippen LogP contribution in [0, 0.1) is 11.8 Å². The van der Waals surface area contributed by atoms with Gasteiger partial charge < -0.3 is 14.2 Å². The van der Waals surface area contributed by atoms with E-state index in [1.54, 1.807) is 0 Å². The fraction of sp³-hybridized carbons (Fsp3) is 0.948. The Morgan fingerprint density at radius 2 is 0.594 bits per heavy atom. The first-order valence-electron chi connectivity index (χ1n) is 28.8. The van der Waals surface area contributed by atoms with Gasteiger partial charge in [0.25, 0.3) is 0 Å². The summed E-state index contributed by atoms with van der Waals surface area (Å²) < 4.78 is 16.9. The van der Waals surface area contributed by atoms with Gasteiger partial charge in [-0.15, -0.1) is 0 Å². The predicted molar refractivity (Wildman–Crippen MR) is 275 cm³/mol. The summed E-state index contributed by atoms with van der Waals surface area (Å²) >= 11 is 0. The van der Waals surface area contributed by atoms with Crippen LogP contribution in [0.4, 0.5) is 0 Å². The molecule has 6 nitrogen and oxygen atoms in total. The van der Waals surface area contributed by atoms with Crippen molar-refractivity contribution in [1.82, 2.24) is 0 Å². The predicted octanol–water partition coefficient (Wildman–Crippen LogP) is 18.9. The standard InChI is InChI=1S/C58H112O6/c1-6-8-9-10-11-12-21-30-35-40-45-50-58(61)64-55(52-63-57(60)49-44-39-34-29-25-24-27-32-37-42-47-54(5)7-2)51-62-56(59)48-43-38-33-28-23-20-18-16-14-13-15-17-19-22-26-31-36-41-46-53(3)4/h53-55H,6-52H2,1-5H3/t54?,55-/m0/s1. The second kappa shape index (κ2) is 50.8. The summed E-state index contributed by atoms with van der Waals surface area (Å²) in [5.41, 5.74) is 0. The minimum Gasteiger partial charge on any atom is -0.462 e. The number of hydrogen-bond acceptors (Lipinski definition) is 6. The molecule has 0 aromatic rings. The molecule has 0 aliphatic rings. The molecule has 0 aliphatic heterocycles. The van der Waals surface area contributed by atoms with Crippen molar-refractivity contribution in [3.8, 4) is 0 Å². The average molecular weight is 906 g/mol. The second-order valence-electron chi connectivity index (χ2n) is 20.6. The average Bonchev–Trinajstić information content (AvgIpc) is 3.28. The minimum absolute atomic E-state index is 0.0628. The molecule has 0 saturated carbocycles. The SMILES string of the molecule is CCCCCCCCCCCCCC(=O)O[C@@H](COC(=O)CCCCCCCCCCCCCCCCCCCCC(C)C)COC(=O)CCCCCCCCCCCCC(C)CC. The lowest BCUT2D eigenvalue weighted by Crippen LogP contribution is -2.30. The summed E-state index contributed by atoms with van der Waals surface area (Å²) in [6, 6.07) is 0. The molecule has 0 spiro atoms. The van der Waals surface area contributed by atoms with E-state index in [2.05, 4.69) is 34.6 Å². The molecule has 0 fully saturated rings. The van der Waals surface area contributed by atoms with Crippen LogP contribution in [0.5, 0.6) is 0 Å². The molecule has 0 aliphatic carbocycles. The van der Waals surface area contributed by atoms with Crippen LogP contribution >= 0.6 is 0 Å². The van der Waals surface area contributed by atoms with E-state index in [9.17, 15) is 14.4 Å². The number of rotatable bonds is 52. The quantitative estimate of drug-likeness (QED) is 0.0344. The first kappa shape index (κ1) is 62.4. The highest BCUT2D eigenvalue weighted by Crippen LogP contribution is 2.18. The van der Waals surface area contributed by atoms with Crippen molar-refractivity contribution < 1.29 is 28.6 Å². The molecular formula is C58H112O6. The molecule has 0 N–H and O–H groups in total. The molecule has 0 radical (unpaired) electrons. The summed E-state index contributed by atoms with van der Waals surface area (Å²) in [6.07, 6.45) is 53.8. The van der Waals surface area contributed by atoms with Crippen LogP contribution in [0.1, 0.15) is 324 Å². The van der Waals surface area contributed by atoms with Crippen molar-refractivity contribution in [2.75, 3.05) is 13.2 Å². The molecule has 0 aromatic carbocycles. The van der Waals surface area contributed by atoms with Crippen LogP contribution in [0.25, 0.3) is 0 Å². The molecule has 2 atom stereocenters. The Labute approximate surface area is 399 Å². The van der Waals surface area contributed by atoms with E-state index in [-0.39, 0.29) is 31.1 Å². The van der Waals surface area contributed by atoms with Crippen LogP contribution in [-0.2, 0) is 28.6 Å². The van der Waals surface area contributed by atoms with E-state index in [1.165, 1.54) is 212 Å². The Kier molecular flexibility index (Phi) is 49.6. The summed E-state index contributed by atoms with van der Waals surface area (Å²) in [6.45, 7) is 11.4. The Bertz CT molecular complexity index is 980. The van der Waals surface area contributed by atoms with Gasteiger partial charge in [0.2, 0.25) is 0 Å². The van der Waals surface area contributed by atoms with Crippen molar-refractivity contribution in [3.63, 3.8) is 0 Å². The Hall–Kier alpha value is -1.59. The lowest BCUT2D eigenvalue weighted by Gasteiger charge is -2.18. The normalized spacial score (nSPS) is 12.5. The zero-order chi connectivity index (χ0) is 46.8. The van der Waals surface area contributed by atoms with Gasteiger partial charge in [-0.25, -0.2) is 0 Å². The maximum Gasteiger partial charge on any atom is 0.306 e. The number of hydrogen-bond donors (Lipinski definition) is 0. The molecule has 0 amide bonds. The maximum absolute atomic E-state index is 12.8. The Balaban J connectivity index is 4.21. The van der Waals surface area contributed by atoms with Gasteiger partial charge in [0, 0.05) is 19.3 Å². The summed E-state index contributed by atoms with van der Waals surface area (Å²) in [4.78, 5) is 38.1. The van der Waals surface area contributed by atoms with Crippen molar-refractivity contribution in [2.45, 2.75) is 330 Å². The van der Waals surface area contributed by atoms with Crippen molar-refractivity contribution >= 4 is 17.9 Å². The van der Waals surface area contributed by atoms with E-state index in [0.29, 0.717) is 19.3 Å². The van der Waals surface area contributed by atoms with Crippen LogP contribution in [0.3, 0.4) is 0 Å². The van der Waals surface area contributed by atoms with E-state index < -0.39 is 6.10 Å². The number of ether oxygens (including phenoxy) is 3. The van der Waals surface area contributed by atoms with E-state index in [0.717, 1.165) is 69.6 Å². The molecule has 0 bridgehead atoms. The third-order valence-electron chi connectivity index (χ3n) is 13.6. The first-order valence-corrected chi connectivity index (χ1v) is 28.8. The van der Waals surface area contributed by atoms with Crippen molar-refractivity contribution in [2.24, 2.45) is 11.8 Å². The van der Waals surface area contributed by atoms with Crippen molar-refractivity contribution in [3.05, 3.63) is 0 Å². The molecule has 0 rings (SSSR count). The zero-order valence-corrected chi connectivity index (χ0v) is 43.9. The Morgan fingerprint density at radius 1 is 0.328 bits per heavy atom. The smallest absolute Gasteiger partial charge is 0.306 e. The second-order valence-corrected chi connectivity index (χ2v) is 20.6. The minimum atomic E-state index is -0.762. The lowest BCUT2D eigenvalue weighted by atomic mass is 9.99. The van der Waals surface area contributed by atoms with E-state index >= 15 is 0 Å². The summed E-state index contributed by atoms with van der Waals surface area (Å²) in [5, 5.41) is 0. The van der Waals surface area contributed by atoms with E-state index in [4.69, 9.17) is 14.2 Å². The molecule has 0 aromatic heterocycles. The van der Waals surface area contributed by atoms with Gasteiger partial charge in [0.15, 0.2) is 6.10 Å². The monoisotopic (exact) mass is 905 g/mol. The molecule has 6 heteroatoms. The van der Waals surface area contributed by atoms with Crippen LogP contribution in [-0.4, -0.2) is 37.2 Å². The highest BCUT2D eigenvalue weighted by molar-refractivity contribution is 5.71. The fourth-order valence-corrected chi connectivity index (χ4v) is 8.84. The molecule has 0 heterocycles. The zero-order valence-electron chi connectivity index (χ0n) is 43.9. The topological polar surface area (TPSA) is 78.9 Å².